The molecule has 1 aromatic carbocycles. The molecule has 0 aliphatic rings. The summed E-state index contributed by atoms with van der Waals surface area (Å²) in [5, 5.41) is 2.31. The van der Waals surface area contributed by atoms with Crippen molar-refractivity contribution in [3.05, 3.63) is 35.9 Å². The number of amides is 1. The first kappa shape index (κ1) is 26.2. The highest BCUT2D eigenvalue weighted by atomic mass is 32.1. The number of hydrogen-bond donors (Lipinski definition) is 1. The van der Waals surface area contributed by atoms with Gasteiger partial charge < -0.3 is 19.5 Å². The number of Topliss-reactive ketones (excluding diaryl/α,β-unsaturated/α-hetero) is 1. The molecule has 1 amide bonds. The summed E-state index contributed by atoms with van der Waals surface area (Å²) >= 11 is 4.89. The third-order valence-corrected chi connectivity index (χ3v) is 3.82. The molecule has 0 heterocycles. The molecule has 8 nitrogen and oxygen atoms in total. The zero-order valence-corrected chi connectivity index (χ0v) is 19.5. The molecule has 170 valence electrons. The first-order valence-electron chi connectivity index (χ1n) is 9.68. The molecule has 0 spiro atoms. The molecule has 0 saturated heterocycles. The summed E-state index contributed by atoms with van der Waals surface area (Å²) in [6.07, 6.45) is -1.49. The molecule has 1 rings (SSSR count). The van der Waals surface area contributed by atoms with E-state index in [9.17, 15) is 19.2 Å². The molecular weight excluding hydrogens is 422 g/mol. The normalized spacial score (nSPS) is 12.3. The van der Waals surface area contributed by atoms with Crippen LogP contribution in [0.1, 0.15) is 53.5 Å². The lowest BCUT2D eigenvalue weighted by Crippen LogP contribution is -2.46. The second-order valence-corrected chi connectivity index (χ2v) is 9.16. The second kappa shape index (κ2) is 11.0. The van der Waals surface area contributed by atoms with Crippen LogP contribution in [0.4, 0.5) is 4.79 Å². The Morgan fingerprint density at radius 1 is 0.935 bits per heavy atom. The van der Waals surface area contributed by atoms with Crippen LogP contribution in [0, 0.1) is 0 Å². The van der Waals surface area contributed by atoms with Gasteiger partial charge in [-0.05, 0) is 47.1 Å². The summed E-state index contributed by atoms with van der Waals surface area (Å²) in [5.74, 6) is -2.67. The molecule has 0 aliphatic heterocycles. The minimum absolute atomic E-state index is 0.0587. The third kappa shape index (κ3) is 10.7. The number of rotatable bonds is 8. The number of hydrogen-bond acceptors (Lipinski definition) is 8. The van der Waals surface area contributed by atoms with Crippen LogP contribution in [0.3, 0.4) is 0 Å². The summed E-state index contributed by atoms with van der Waals surface area (Å²) in [6.45, 7) is 9.79. The van der Waals surface area contributed by atoms with Crippen LogP contribution in [0.15, 0.2) is 30.3 Å². The Kier molecular flexibility index (Phi) is 9.30. The molecule has 0 fully saturated rings. The zero-order chi connectivity index (χ0) is 23.8. The maximum absolute atomic E-state index is 12.6. The lowest BCUT2D eigenvalue weighted by molar-refractivity contribution is -0.149. The highest BCUT2D eigenvalue weighted by Gasteiger charge is 2.32. The van der Waals surface area contributed by atoms with E-state index in [0.717, 1.165) is 5.56 Å². The van der Waals surface area contributed by atoms with Crippen molar-refractivity contribution >= 4 is 40.9 Å². The minimum Gasteiger partial charge on any atom is -0.459 e. The van der Waals surface area contributed by atoms with Crippen molar-refractivity contribution in [2.24, 2.45) is 0 Å². The van der Waals surface area contributed by atoms with Crippen molar-refractivity contribution in [1.82, 2.24) is 5.32 Å². The average molecular weight is 452 g/mol. The topological polar surface area (TPSA) is 108 Å². The summed E-state index contributed by atoms with van der Waals surface area (Å²) in [4.78, 5) is 48.7. The predicted molar refractivity (Wildman–Crippen MR) is 117 cm³/mol. The summed E-state index contributed by atoms with van der Waals surface area (Å²) in [5.41, 5.74) is -0.940. The third-order valence-electron chi connectivity index (χ3n) is 3.43. The fraction of sp³-hybridized carbons (Fsp3) is 0.500. The number of ketones is 1. The van der Waals surface area contributed by atoms with Gasteiger partial charge in [0.1, 0.15) is 23.9 Å². The SMILES string of the molecule is CC(C)(C)OC(=O)N[C@@H](CC(=O)C(=S)C(=O)OC(C)(C)C)C(=O)OCc1ccccc1. The van der Waals surface area contributed by atoms with Gasteiger partial charge in [0.15, 0.2) is 10.6 Å². The Balaban J connectivity index is 2.88. The van der Waals surface area contributed by atoms with Gasteiger partial charge in [-0.2, -0.15) is 0 Å². The van der Waals surface area contributed by atoms with E-state index < -0.39 is 52.3 Å². The summed E-state index contributed by atoms with van der Waals surface area (Å²) < 4.78 is 15.5. The summed E-state index contributed by atoms with van der Waals surface area (Å²) in [6, 6.07) is 7.49. The van der Waals surface area contributed by atoms with Crippen LogP contribution >= 0.6 is 12.2 Å². The summed E-state index contributed by atoms with van der Waals surface area (Å²) in [7, 11) is 0. The molecule has 1 aromatic rings. The van der Waals surface area contributed by atoms with E-state index in [1.807, 2.05) is 6.07 Å². The van der Waals surface area contributed by atoms with Crippen LogP contribution < -0.4 is 5.32 Å². The highest BCUT2D eigenvalue weighted by Crippen LogP contribution is 2.11. The van der Waals surface area contributed by atoms with Crippen molar-refractivity contribution < 1.29 is 33.4 Å². The van der Waals surface area contributed by atoms with E-state index in [2.05, 4.69) is 5.32 Å². The smallest absolute Gasteiger partial charge is 0.408 e. The fourth-order valence-corrected chi connectivity index (χ4v) is 2.31. The Bertz CT molecular complexity index is 823. The van der Waals surface area contributed by atoms with Gasteiger partial charge in [0, 0.05) is 6.42 Å². The number of carbonyl (C=O) groups is 4. The zero-order valence-electron chi connectivity index (χ0n) is 18.6. The number of esters is 2. The largest absolute Gasteiger partial charge is 0.459 e. The average Bonchev–Trinajstić information content (AvgIpc) is 2.62. The molecule has 0 aromatic heterocycles. The molecule has 0 unspecified atom stereocenters. The van der Waals surface area contributed by atoms with Gasteiger partial charge in [-0.3, -0.25) is 4.79 Å². The number of ether oxygens (including phenoxy) is 3. The molecule has 0 bridgehead atoms. The van der Waals surface area contributed by atoms with Gasteiger partial charge in [0.25, 0.3) is 0 Å². The van der Waals surface area contributed by atoms with Gasteiger partial charge in [0.2, 0.25) is 0 Å². The lowest BCUT2D eigenvalue weighted by atomic mass is 10.1. The molecule has 0 aliphatic carbocycles. The molecule has 1 N–H and O–H groups in total. The maximum atomic E-state index is 12.6. The van der Waals surface area contributed by atoms with Gasteiger partial charge in [-0.25, -0.2) is 14.4 Å². The van der Waals surface area contributed by atoms with E-state index in [-0.39, 0.29) is 6.61 Å². The molecule has 0 saturated carbocycles. The van der Waals surface area contributed by atoms with Crippen molar-refractivity contribution in [2.45, 2.75) is 71.8 Å². The van der Waals surface area contributed by atoms with Crippen molar-refractivity contribution in [3.8, 4) is 0 Å². The van der Waals surface area contributed by atoms with Crippen molar-refractivity contribution in [1.29, 1.82) is 0 Å². The number of alkyl carbamates (subject to hydrolysis) is 1. The van der Waals surface area contributed by atoms with E-state index in [1.165, 1.54) is 0 Å². The Labute approximate surface area is 187 Å². The number of thiocarbonyl (C=S) groups is 1. The Hall–Kier alpha value is -2.81. The van der Waals surface area contributed by atoms with Crippen molar-refractivity contribution in [3.63, 3.8) is 0 Å². The van der Waals surface area contributed by atoms with Crippen LogP contribution in [0.5, 0.6) is 0 Å². The first-order chi connectivity index (χ1) is 14.2. The Morgan fingerprint density at radius 2 is 1.48 bits per heavy atom. The molecule has 0 radical (unpaired) electrons. The standard InChI is InChI=1S/C22H29NO7S/c1-21(2,3)29-19(26)17(31)16(24)12-15(23-20(27)30-22(4,5)6)18(25)28-13-14-10-8-7-9-11-14/h7-11,15H,12-13H2,1-6H3,(H,23,27)/t15-/m0/s1. The van der Waals surface area contributed by atoms with Gasteiger partial charge >= 0.3 is 18.0 Å². The van der Waals surface area contributed by atoms with Gasteiger partial charge in [-0.15, -0.1) is 0 Å². The lowest BCUT2D eigenvalue weighted by Gasteiger charge is -2.23. The van der Waals surface area contributed by atoms with Crippen LogP contribution in [0.2, 0.25) is 0 Å². The molecular formula is C22H29NO7S. The quantitative estimate of drug-likeness (QED) is 0.278. The van der Waals surface area contributed by atoms with Crippen LogP contribution in [-0.2, 0) is 35.2 Å². The fourth-order valence-electron chi connectivity index (χ4n) is 2.19. The van der Waals surface area contributed by atoms with E-state index in [0.29, 0.717) is 0 Å². The predicted octanol–water partition coefficient (Wildman–Crippen LogP) is 3.29. The van der Waals surface area contributed by atoms with E-state index >= 15 is 0 Å². The number of carbonyl (C=O) groups excluding carboxylic acids is 4. The molecule has 1 atom stereocenters. The number of benzene rings is 1. The maximum Gasteiger partial charge on any atom is 0.408 e. The van der Waals surface area contributed by atoms with Crippen LogP contribution in [0.25, 0.3) is 0 Å². The highest BCUT2D eigenvalue weighted by molar-refractivity contribution is 7.84. The number of nitrogens with one attached hydrogen (secondary N) is 1. The second-order valence-electron chi connectivity index (χ2n) is 8.75. The Morgan fingerprint density at radius 3 is 2.00 bits per heavy atom. The van der Waals surface area contributed by atoms with E-state index in [1.54, 1.807) is 65.8 Å². The van der Waals surface area contributed by atoms with E-state index in [4.69, 9.17) is 26.4 Å². The minimum atomic E-state index is -1.40. The first-order valence-corrected chi connectivity index (χ1v) is 10.1. The van der Waals surface area contributed by atoms with Gasteiger partial charge in [-0.1, -0.05) is 42.5 Å². The molecule has 9 heteroatoms. The monoisotopic (exact) mass is 451 g/mol. The van der Waals surface area contributed by atoms with Crippen LogP contribution in [-0.4, -0.2) is 45.9 Å². The molecule has 31 heavy (non-hydrogen) atoms. The van der Waals surface area contributed by atoms with Crippen molar-refractivity contribution in [2.75, 3.05) is 0 Å². The van der Waals surface area contributed by atoms with Gasteiger partial charge in [0.05, 0.1) is 0 Å².